The Balaban J connectivity index is 1.68. The number of esters is 1. The summed E-state index contributed by atoms with van der Waals surface area (Å²) in [4.78, 5) is 12.0. The van der Waals surface area contributed by atoms with E-state index >= 15 is 0 Å². The molecule has 0 unspecified atom stereocenters. The largest absolute Gasteiger partial charge is 0.490 e. The molecule has 0 spiro atoms. The van der Waals surface area contributed by atoms with Crippen molar-refractivity contribution >= 4 is 16.0 Å². The number of carbonyl (C=O) groups excluding carboxylic acids is 1. The first kappa shape index (κ1) is 18.9. The molecular formula is C17H23NO7S. The fourth-order valence-electron chi connectivity index (χ4n) is 3.02. The van der Waals surface area contributed by atoms with Crippen LogP contribution in [0.15, 0.2) is 23.1 Å². The summed E-state index contributed by atoms with van der Waals surface area (Å²) in [6.45, 7) is 1.48. The molecule has 1 aromatic carbocycles. The number of piperidine rings is 1. The molecule has 0 amide bonds. The van der Waals surface area contributed by atoms with E-state index in [2.05, 4.69) is 0 Å². The van der Waals surface area contributed by atoms with Crippen molar-refractivity contribution in [3.05, 3.63) is 18.2 Å². The maximum atomic E-state index is 12.9. The fraction of sp³-hybridized carbons (Fsp3) is 0.588. The number of hydrogen-bond donors (Lipinski definition) is 0. The van der Waals surface area contributed by atoms with E-state index < -0.39 is 10.0 Å². The number of rotatable bonds is 5. The maximum Gasteiger partial charge on any atom is 0.311 e. The van der Waals surface area contributed by atoms with Gasteiger partial charge in [-0.25, -0.2) is 8.42 Å². The van der Waals surface area contributed by atoms with Crippen molar-refractivity contribution in [2.24, 2.45) is 5.92 Å². The first-order valence-electron chi connectivity index (χ1n) is 8.58. The van der Waals surface area contributed by atoms with Crippen LogP contribution in [0.4, 0.5) is 0 Å². The lowest BCUT2D eigenvalue weighted by molar-refractivity contribution is -0.160. The van der Waals surface area contributed by atoms with E-state index in [1.807, 2.05) is 0 Å². The standard InChI is InChI=1S/C17H23NO7S/c1-22-12-25-17(19)13-5-7-18(8-6-13)26(20,21)14-3-4-15-16(11-14)24-10-2-9-23-15/h3-4,11,13H,2,5-10,12H2,1H3. The lowest BCUT2D eigenvalue weighted by atomic mass is 9.99. The van der Waals surface area contributed by atoms with Crippen LogP contribution in [-0.4, -0.2) is 58.9 Å². The van der Waals surface area contributed by atoms with Crippen molar-refractivity contribution in [2.75, 3.05) is 40.2 Å². The second-order valence-corrected chi connectivity index (χ2v) is 8.15. The topological polar surface area (TPSA) is 91.4 Å². The van der Waals surface area contributed by atoms with Crippen LogP contribution < -0.4 is 9.47 Å². The van der Waals surface area contributed by atoms with Crippen LogP contribution in [-0.2, 0) is 24.3 Å². The third-order valence-corrected chi connectivity index (χ3v) is 6.36. The van der Waals surface area contributed by atoms with Gasteiger partial charge < -0.3 is 18.9 Å². The van der Waals surface area contributed by atoms with E-state index in [1.54, 1.807) is 6.07 Å². The van der Waals surface area contributed by atoms with Crippen molar-refractivity contribution in [2.45, 2.75) is 24.2 Å². The second kappa shape index (κ2) is 8.24. The first-order valence-corrected chi connectivity index (χ1v) is 10.0. The molecule has 0 N–H and O–H groups in total. The van der Waals surface area contributed by atoms with Crippen LogP contribution in [0.3, 0.4) is 0 Å². The number of fused-ring (bicyclic) bond motifs is 1. The predicted octanol–water partition coefficient (Wildman–Crippen LogP) is 1.40. The SMILES string of the molecule is COCOC(=O)C1CCN(S(=O)(=O)c2ccc3c(c2)OCCCO3)CC1. The normalized spacial score (nSPS) is 19.0. The van der Waals surface area contributed by atoms with Crippen molar-refractivity contribution in [1.82, 2.24) is 4.31 Å². The van der Waals surface area contributed by atoms with Crippen LogP contribution in [0.25, 0.3) is 0 Å². The second-order valence-electron chi connectivity index (χ2n) is 6.21. The Morgan fingerprint density at radius 2 is 1.88 bits per heavy atom. The van der Waals surface area contributed by atoms with Crippen molar-refractivity contribution in [3.63, 3.8) is 0 Å². The number of hydrogen-bond acceptors (Lipinski definition) is 7. The molecule has 0 saturated carbocycles. The van der Waals surface area contributed by atoms with Gasteiger partial charge in [0.15, 0.2) is 18.3 Å². The molecule has 0 atom stereocenters. The molecule has 0 aromatic heterocycles. The van der Waals surface area contributed by atoms with Gasteiger partial charge in [0, 0.05) is 32.7 Å². The zero-order valence-electron chi connectivity index (χ0n) is 14.7. The van der Waals surface area contributed by atoms with Crippen LogP contribution in [0, 0.1) is 5.92 Å². The van der Waals surface area contributed by atoms with Gasteiger partial charge in [-0.1, -0.05) is 0 Å². The Kier molecular flexibility index (Phi) is 6.00. The molecule has 1 saturated heterocycles. The number of methoxy groups -OCH3 is 1. The van der Waals surface area contributed by atoms with E-state index in [1.165, 1.54) is 23.5 Å². The Bertz CT molecular complexity index is 741. The Morgan fingerprint density at radius 3 is 2.58 bits per heavy atom. The number of nitrogens with zero attached hydrogens (tertiary/aromatic N) is 1. The average Bonchev–Trinajstić information content (AvgIpc) is 2.91. The monoisotopic (exact) mass is 385 g/mol. The molecule has 8 nitrogen and oxygen atoms in total. The van der Waals surface area contributed by atoms with Gasteiger partial charge >= 0.3 is 5.97 Å². The number of carbonyl (C=O) groups is 1. The summed E-state index contributed by atoms with van der Waals surface area (Å²) in [6, 6.07) is 4.67. The predicted molar refractivity (Wildman–Crippen MR) is 91.5 cm³/mol. The lowest BCUT2D eigenvalue weighted by Gasteiger charge is -2.30. The molecule has 2 heterocycles. The van der Waals surface area contributed by atoms with Gasteiger partial charge in [-0.15, -0.1) is 0 Å². The molecule has 0 radical (unpaired) electrons. The highest BCUT2D eigenvalue weighted by molar-refractivity contribution is 7.89. The fourth-order valence-corrected chi connectivity index (χ4v) is 4.51. The van der Waals surface area contributed by atoms with Gasteiger partial charge in [-0.05, 0) is 25.0 Å². The van der Waals surface area contributed by atoms with Gasteiger partial charge in [-0.3, -0.25) is 4.79 Å². The minimum absolute atomic E-state index is 0.0887. The zero-order valence-corrected chi connectivity index (χ0v) is 15.5. The van der Waals surface area contributed by atoms with Gasteiger partial charge in [0.05, 0.1) is 24.0 Å². The Hall–Kier alpha value is -1.84. The van der Waals surface area contributed by atoms with Crippen LogP contribution >= 0.6 is 0 Å². The summed E-state index contributed by atoms with van der Waals surface area (Å²) < 4.78 is 48.0. The quantitative estimate of drug-likeness (QED) is 0.559. The minimum Gasteiger partial charge on any atom is -0.490 e. The summed E-state index contributed by atoms with van der Waals surface area (Å²) in [7, 11) is -2.21. The smallest absolute Gasteiger partial charge is 0.311 e. The molecule has 1 fully saturated rings. The number of sulfonamides is 1. The van der Waals surface area contributed by atoms with Crippen LogP contribution in [0.5, 0.6) is 11.5 Å². The van der Waals surface area contributed by atoms with Gasteiger partial charge in [-0.2, -0.15) is 4.31 Å². The molecule has 1 aromatic rings. The third-order valence-electron chi connectivity index (χ3n) is 4.46. The highest BCUT2D eigenvalue weighted by Crippen LogP contribution is 2.33. The highest BCUT2D eigenvalue weighted by Gasteiger charge is 2.33. The molecule has 3 rings (SSSR count). The summed E-state index contributed by atoms with van der Waals surface area (Å²) >= 11 is 0. The number of ether oxygens (including phenoxy) is 4. The lowest BCUT2D eigenvalue weighted by Crippen LogP contribution is -2.40. The van der Waals surface area contributed by atoms with Crippen molar-refractivity contribution in [1.29, 1.82) is 0 Å². The highest BCUT2D eigenvalue weighted by atomic mass is 32.2. The van der Waals surface area contributed by atoms with Gasteiger partial charge in [0.2, 0.25) is 10.0 Å². The molecule has 2 aliphatic heterocycles. The molecule has 9 heteroatoms. The first-order chi connectivity index (χ1) is 12.5. The molecule has 26 heavy (non-hydrogen) atoms. The van der Waals surface area contributed by atoms with Crippen molar-refractivity contribution in [3.8, 4) is 11.5 Å². The third kappa shape index (κ3) is 4.11. The van der Waals surface area contributed by atoms with E-state index in [9.17, 15) is 13.2 Å². The van der Waals surface area contributed by atoms with Gasteiger partial charge in [0.1, 0.15) is 0 Å². The zero-order chi connectivity index (χ0) is 18.6. The minimum atomic E-state index is -3.65. The van der Waals surface area contributed by atoms with Crippen LogP contribution in [0.2, 0.25) is 0 Å². The van der Waals surface area contributed by atoms with Gasteiger partial charge in [0.25, 0.3) is 0 Å². The summed E-state index contributed by atoms with van der Waals surface area (Å²) in [5.74, 6) is 0.350. The summed E-state index contributed by atoms with van der Waals surface area (Å²) in [5, 5.41) is 0. The summed E-state index contributed by atoms with van der Waals surface area (Å²) in [5.41, 5.74) is 0. The maximum absolute atomic E-state index is 12.9. The van der Waals surface area contributed by atoms with E-state index in [4.69, 9.17) is 18.9 Å². The van der Waals surface area contributed by atoms with E-state index in [0.29, 0.717) is 37.6 Å². The Labute approximate surface area is 153 Å². The molecular weight excluding hydrogens is 362 g/mol. The average molecular weight is 385 g/mol. The Morgan fingerprint density at radius 1 is 1.19 bits per heavy atom. The molecule has 0 aliphatic carbocycles. The van der Waals surface area contributed by atoms with Crippen LogP contribution in [0.1, 0.15) is 19.3 Å². The van der Waals surface area contributed by atoms with E-state index in [-0.39, 0.29) is 36.7 Å². The molecule has 0 bridgehead atoms. The van der Waals surface area contributed by atoms with E-state index in [0.717, 1.165) is 6.42 Å². The number of benzene rings is 1. The molecule has 2 aliphatic rings. The molecule has 144 valence electrons. The summed E-state index contributed by atoms with van der Waals surface area (Å²) in [6.07, 6.45) is 1.60. The van der Waals surface area contributed by atoms with Crippen molar-refractivity contribution < 1.29 is 32.2 Å².